The van der Waals surface area contributed by atoms with Crippen molar-refractivity contribution in [3.63, 3.8) is 0 Å². The summed E-state index contributed by atoms with van der Waals surface area (Å²) < 4.78 is 34.8. The maximum Gasteiger partial charge on any atom is 0.320 e. The molecule has 1 heterocycles. The number of ether oxygens (including phenoxy) is 1. The van der Waals surface area contributed by atoms with E-state index in [1.807, 2.05) is 12.1 Å². The predicted molar refractivity (Wildman–Crippen MR) is 127 cm³/mol. The molecule has 0 radical (unpaired) electrons. The molecular formula is C26H31ClF2N2O3. The number of carbonyl (C=O) groups is 1. The lowest BCUT2D eigenvalue weighted by Gasteiger charge is -2.45. The van der Waals surface area contributed by atoms with E-state index >= 15 is 0 Å². The molecule has 0 aromatic heterocycles. The lowest BCUT2D eigenvalue weighted by Crippen LogP contribution is -2.44. The molecule has 0 amide bonds. The van der Waals surface area contributed by atoms with Crippen molar-refractivity contribution in [2.75, 3.05) is 20.6 Å². The summed E-state index contributed by atoms with van der Waals surface area (Å²) in [5.41, 5.74) is 1.42. The number of benzene rings is 2. The molecule has 2 aromatic carbocycles. The van der Waals surface area contributed by atoms with Gasteiger partial charge in [0.1, 0.15) is 17.9 Å². The second kappa shape index (κ2) is 10.2. The third-order valence-electron chi connectivity index (χ3n) is 7.45. The van der Waals surface area contributed by atoms with Crippen LogP contribution in [0.1, 0.15) is 43.2 Å². The van der Waals surface area contributed by atoms with Crippen molar-refractivity contribution in [3.8, 4) is 5.75 Å². The molecule has 2 aliphatic rings. The molecule has 0 bridgehead atoms. The number of nitrogens with one attached hydrogen (secondary N) is 1. The maximum atomic E-state index is 14.7. The molecule has 8 heteroatoms. The zero-order chi connectivity index (χ0) is 24.5. The van der Waals surface area contributed by atoms with Gasteiger partial charge in [0.15, 0.2) is 11.6 Å². The van der Waals surface area contributed by atoms with Crippen molar-refractivity contribution in [2.24, 2.45) is 5.92 Å². The lowest BCUT2D eigenvalue weighted by atomic mass is 9.70. The van der Waals surface area contributed by atoms with Gasteiger partial charge in [0, 0.05) is 29.6 Å². The Morgan fingerprint density at radius 3 is 2.47 bits per heavy atom. The Balaban J connectivity index is 1.44. The van der Waals surface area contributed by atoms with Crippen LogP contribution in [0.25, 0.3) is 0 Å². The molecule has 1 saturated carbocycles. The summed E-state index contributed by atoms with van der Waals surface area (Å²) in [6.07, 6.45) is 3.93. The molecule has 5 nitrogen and oxygen atoms in total. The third-order valence-corrected chi connectivity index (χ3v) is 7.70. The fraction of sp³-hybridized carbons (Fsp3) is 0.500. The van der Waals surface area contributed by atoms with Crippen molar-refractivity contribution < 1.29 is 23.4 Å². The quantitative estimate of drug-likeness (QED) is 0.569. The van der Waals surface area contributed by atoms with Crippen molar-refractivity contribution in [2.45, 2.75) is 56.2 Å². The second-order valence-electron chi connectivity index (χ2n) is 9.73. The number of carboxylic acid groups (broad SMARTS) is 1. The number of rotatable bonds is 7. The van der Waals surface area contributed by atoms with E-state index in [0.29, 0.717) is 23.6 Å². The van der Waals surface area contributed by atoms with E-state index in [1.54, 1.807) is 6.07 Å². The number of aliphatic carboxylic acids is 1. The van der Waals surface area contributed by atoms with Gasteiger partial charge < -0.3 is 15.2 Å². The number of hydrogen-bond donors (Lipinski definition) is 2. The minimum Gasteiger partial charge on any atom is -0.489 e. The van der Waals surface area contributed by atoms with Gasteiger partial charge in [0.05, 0.1) is 0 Å². The molecule has 2 fully saturated rings. The van der Waals surface area contributed by atoms with Crippen LogP contribution in [0.3, 0.4) is 0 Å². The summed E-state index contributed by atoms with van der Waals surface area (Å²) in [6, 6.07) is 9.91. The van der Waals surface area contributed by atoms with Crippen molar-refractivity contribution in [3.05, 3.63) is 64.2 Å². The van der Waals surface area contributed by atoms with Gasteiger partial charge >= 0.3 is 5.97 Å². The minimum absolute atomic E-state index is 0.105. The molecule has 184 valence electrons. The highest BCUT2D eigenvalue weighted by Crippen LogP contribution is 2.44. The van der Waals surface area contributed by atoms with Gasteiger partial charge in [0.2, 0.25) is 0 Å². The number of carboxylic acids is 1. The van der Waals surface area contributed by atoms with E-state index in [9.17, 15) is 13.6 Å². The van der Waals surface area contributed by atoms with Gasteiger partial charge in [-0.1, -0.05) is 23.7 Å². The van der Waals surface area contributed by atoms with E-state index in [1.165, 1.54) is 5.56 Å². The van der Waals surface area contributed by atoms with Crippen molar-refractivity contribution in [1.82, 2.24) is 10.2 Å². The normalized spacial score (nSPS) is 27.2. The standard InChI is InChI=1S/C26H31ClF2N2O3/c1-31(2)26(18-3-5-19(27)6-4-18)9-7-16(8-10-26)11-17-12-20(13-22(28)24(17)29)34-21-14-23(25(32)33)30-15-21/h3-6,12-13,16,21,23,30H,7-11,14-15H2,1-2H3,(H,32,33)/t16?,21-,23-,26?/m0/s1. The van der Waals surface area contributed by atoms with Crippen LogP contribution in [0.2, 0.25) is 5.02 Å². The maximum absolute atomic E-state index is 14.7. The minimum atomic E-state index is -0.943. The molecule has 2 N–H and O–H groups in total. The summed E-state index contributed by atoms with van der Waals surface area (Å²) in [5, 5.41) is 12.7. The summed E-state index contributed by atoms with van der Waals surface area (Å²) in [7, 11) is 4.16. The first kappa shape index (κ1) is 24.9. The zero-order valence-electron chi connectivity index (χ0n) is 19.5. The first-order valence-corrected chi connectivity index (χ1v) is 12.1. The largest absolute Gasteiger partial charge is 0.489 e. The Morgan fingerprint density at radius 1 is 1.21 bits per heavy atom. The van der Waals surface area contributed by atoms with Gasteiger partial charge in [-0.2, -0.15) is 0 Å². The average molecular weight is 493 g/mol. The Bertz CT molecular complexity index is 1020. The van der Waals surface area contributed by atoms with Crippen LogP contribution in [0.15, 0.2) is 36.4 Å². The van der Waals surface area contributed by atoms with E-state index in [0.717, 1.165) is 31.7 Å². The van der Waals surface area contributed by atoms with E-state index < -0.39 is 29.7 Å². The lowest BCUT2D eigenvalue weighted by molar-refractivity contribution is -0.139. The van der Waals surface area contributed by atoms with E-state index in [4.69, 9.17) is 21.4 Å². The van der Waals surface area contributed by atoms with Crippen LogP contribution in [0.4, 0.5) is 8.78 Å². The number of nitrogens with zero attached hydrogens (tertiary/aromatic N) is 1. The summed E-state index contributed by atoms with van der Waals surface area (Å²) in [6.45, 7) is 0.352. The second-order valence-corrected chi connectivity index (χ2v) is 10.2. The van der Waals surface area contributed by atoms with Crippen LogP contribution in [0, 0.1) is 17.6 Å². The third kappa shape index (κ3) is 5.21. The molecule has 0 spiro atoms. The Morgan fingerprint density at radius 2 is 1.88 bits per heavy atom. The molecule has 0 unspecified atom stereocenters. The summed E-state index contributed by atoms with van der Waals surface area (Å²) in [5.74, 6) is -2.24. The first-order chi connectivity index (χ1) is 16.2. The molecule has 2 atom stereocenters. The van der Waals surface area contributed by atoms with Gasteiger partial charge in [-0.05, 0) is 81.4 Å². The smallest absolute Gasteiger partial charge is 0.320 e. The van der Waals surface area contributed by atoms with Crippen LogP contribution in [0.5, 0.6) is 5.75 Å². The molecule has 4 rings (SSSR count). The molecular weight excluding hydrogens is 462 g/mol. The zero-order valence-corrected chi connectivity index (χ0v) is 20.2. The van der Waals surface area contributed by atoms with Gasteiger partial charge in [-0.3, -0.25) is 9.69 Å². The molecule has 2 aromatic rings. The Labute approximate surface area is 204 Å². The van der Waals surface area contributed by atoms with Gasteiger partial charge in [-0.15, -0.1) is 0 Å². The van der Waals surface area contributed by atoms with E-state index in [2.05, 4.69) is 36.4 Å². The van der Waals surface area contributed by atoms with Crippen molar-refractivity contribution in [1.29, 1.82) is 0 Å². The molecule has 1 saturated heterocycles. The van der Waals surface area contributed by atoms with Crippen molar-refractivity contribution >= 4 is 17.6 Å². The Hall–Kier alpha value is -2.22. The Kier molecular flexibility index (Phi) is 7.45. The van der Waals surface area contributed by atoms with Crippen LogP contribution in [-0.4, -0.2) is 48.8 Å². The summed E-state index contributed by atoms with van der Waals surface area (Å²) in [4.78, 5) is 13.4. The monoisotopic (exact) mass is 492 g/mol. The highest BCUT2D eigenvalue weighted by molar-refractivity contribution is 6.30. The molecule has 1 aliphatic heterocycles. The predicted octanol–water partition coefficient (Wildman–Crippen LogP) is 5.00. The van der Waals surface area contributed by atoms with E-state index in [-0.39, 0.29) is 23.6 Å². The highest BCUT2D eigenvalue weighted by Gasteiger charge is 2.39. The van der Waals surface area contributed by atoms with Gasteiger partial charge in [0.25, 0.3) is 0 Å². The van der Waals surface area contributed by atoms with Crippen LogP contribution in [-0.2, 0) is 16.8 Å². The van der Waals surface area contributed by atoms with Gasteiger partial charge in [-0.25, -0.2) is 8.78 Å². The fourth-order valence-corrected chi connectivity index (χ4v) is 5.56. The number of hydrogen-bond acceptors (Lipinski definition) is 4. The summed E-state index contributed by atoms with van der Waals surface area (Å²) >= 11 is 6.08. The number of halogens is 3. The van der Waals surface area contributed by atoms with Crippen LogP contribution < -0.4 is 10.1 Å². The van der Waals surface area contributed by atoms with Crippen LogP contribution >= 0.6 is 11.6 Å². The topological polar surface area (TPSA) is 61.8 Å². The highest BCUT2D eigenvalue weighted by atomic mass is 35.5. The molecule has 34 heavy (non-hydrogen) atoms. The first-order valence-electron chi connectivity index (χ1n) is 11.7. The molecule has 1 aliphatic carbocycles. The fourth-order valence-electron chi connectivity index (χ4n) is 5.43. The SMILES string of the molecule is CN(C)C1(c2ccc(Cl)cc2)CCC(Cc2cc(O[C@@H]3CN[C@H](C(=O)O)C3)cc(F)c2F)CC1. The average Bonchev–Trinajstić information content (AvgIpc) is 3.27.